The molecule has 0 spiro atoms. The van der Waals surface area contributed by atoms with E-state index in [4.69, 9.17) is 0 Å². The number of aliphatic carboxylic acids is 1. The van der Waals surface area contributed by atoms with Gasteiger partial charge in [-0.25, -0.2) is 4.72 Å². The number of hydrogen-bond donors (Lipinski definition) is 2. The Morgan fingerprint density at radius 1 is 1.24 bits per heavy atom. The Labute approximate surface area is 127 Å². The highest BCUT2D eigenvalue weighted by Gasteiger charge is 2.33. The van der Waals surface area contributed by atoms with Crippen LogP contribution < -0.4 is 4.72 Å². The van der Waals surface area contributed by atoms with Crippen LogP contribution in [0.5, 0.6) is 0 Å². The second-order valence-corrected chi connectivity index (χ2v) is 8.20. The van der Waals surface area contributed by atoms with Crippen LogP contribution in [0, 0.1) is 17.8 Å². The van der Waals surface area contributed by atoms with Crippen molar-refractivity contribution in [2.24, 2.45) is 17.8 Å². The second-order valence-electron chi connectivity index (χ2n) is 6.45. The SMILES string of the molecule is CC1CCCN(S(=O)(=O)NCC2CCCCC2C(=O)O)C1. The van der Waals surface area contributed by atoms with Gasteiger partial charge in [-0.3, -0.25) is 4.79 Å². The molecule has 0 bridgehead atoms. The minimum absolute atomic E-state index is 0.0896. The molecule has 0 aromatic carbocycles. The quantitative estimate of drug-likeness (QED) is 0.803. The smallest absolute Gasteiger partial charge is 0.306 e. The molecule has 2 rings (SSSR count). The summed E-state index contributed by atoms with van der Waals surface area (Å²) in [6, 6.07) is 0. The summed E-state index contributed by atoms with van der Waals surface area (Å²) < 4.78 is 28.8. The van der Waals surface area contributed by atoms with Gasteiger partial charge in [0, 0.05) is 19.6 Å². The van der Waals surface area contributed by atoms with Crippen LogP contribution >= 0.6 is 0 Å². The highest BCUT2D eigenvalue weighted by Crippen LogP contribution is 2.30. The minimum atomic E-state index is -3.47. The van der Waals surface area contributed by atoms with Gasteiger partial charge in [-0.15, -0.1) is 0 Å². The summed E-state index contributed by atoms with van der Waals surface area (Å²) in [5.74, 6) is -0.919. The molecule has 2 fully saturated rings. The maximum Gasteiger partial charge on any atom is 0.306 e. The van der Waals surface area contributed by atoms with Crippen molar-refractivity contribution in [3.8, 4) is 0 Å². The monoisotopic (exact) mass is 318 g/mol. The summed E-state index contributed by atoms with van der Waals surface area (Å²) in [6.07, 6.45) is 5.30. The third kappa shape index (κ3) is 4.40. The van der Waals surface area contributed by atoms with Crippen molar-refractivity contribution in [3.05, 3.63) is 0 Å². The number of carboxylic acid groups (broad SMARTS) is 1. The Morgan fingerprint density at radius 2 is 1.95 bits per heavy atom. The van der Waals surface area contributed by atoms with Gasteiger partial charge in [-0.2, -0.15) is 12.7 Å². The van der Waals surface area contributed by atoms with Crippen LogP contribution in [0.1, 0.15) is 45.4 Å². The molecule has 0 radical (unpaired) electrons. The van der Waals surface area contributed by atoms with Crippen molar-refractivity contribution in [2.45, 2.75) is 45.4 Å². The maximum atomic E-state index is 12.3. The lowest BCUT2D eigenvalue weighted by molar-refractivity contribution is -0.144. The van der Waals surface area contributed by atoms with Crippen LogP contribution in [0.4, 0.5) is 0 Å². The number of nitrogens with one attached hydrogen (secondary N) is 1. The molecule has 1 saturated heterocycles. The standard InChI is InChI=1S/C14H26N2O4S/c1-11-5-4-8-16(10-11)21(19,20)15-9-12-6-2-3-7-13(12)14(17)18/h11-13,15H,2-10H2,1H3,(H,17,18). The average molecular weight is 318 g/mol. The zero-order valence-electron chi connectivity index (χ0n) is 12.6. The van der Waals surface area contributed by atoms with Gasteiger partial charge in [0.25, 0.3) is 10.2 Å². The lowest BCUT2D eigenvalue weighted by Gasteiger charge is -2.32. The van der Waals surface area contributed by atoms with Crippen molar-refractivity contribution in [1.29, 1.82) is 0 Å². The first-order valence-electron chi connectivity index (χ1n) is 7.87. The Morgan fingerprint density at radius 3 is 2.62 bits per heavy atom. The number of piperidine rings is 1. The van der Waals surface area contributed by atoms with Crippen molar-refractivity contribution >= 4 is 16.2 Å². The topological polar surface area (TPSA) is 86.7 Å². The molecule has 6 nitrogen and oxygen atoms in total. The molecule has 1 heterocycles. The molecule has 0 aromatic rings. The fourth-order valence-corrected chi connectivity index (χ4v) is 4.87. The number of rotatable bonds is 5. The van der Waals surface area contributed by atoms with E-state index in [1.54, 1.807) is 0 Å². The number of nitrogens with zero attached hydrogens (tertiary/aromatic N) is 1. The van der Waals surface area contributed by atoms with Gasteiger partial charge in [0.1, 0.15) is 0 Å². The van der Waals surface area contributed by atoms with Gasteiger partial charge in [0.05, 0.1) is 5.92 Å². The maximum absolute atomic E-state index is 12.3. The van der Waals surface area contributed by atoms with E-state index in [1.165, 1.54) is 4.31 Å². The molecule has 3 unspecified atom stereocenters. The van der Waals surface area contributed by atoms with Crippen LogP contribution in [0.2, 0.25) is 0 Å². The highest BCUT2D eigenvalue weighted by atomic mass is 32.2. The molecule has 2 aliphatic rings. The van der Waals surface area contributed by atoms with E-state index >= 15 is 0 Å². The molecule has 122 valence electrons. The number of carboxylic acids is 1. The summed E-state index contributed by atoms with van der Waals surface area (Å²) in [5, 5.41) is 9.23. The molecule has 21 heavy (non-hydrogen) atoms. The van der Waals surface area contributed by atoms with Gasteiger partial charge < -0.3 is 5.11 Å². The predicted molar refractivity (Wildman–Crippen MR) is 80.0 cm³/mol. The first-order chi connectivity index (χ1) is 9.90. The van der Waals surface area contributed by atoms with Crippen molar-refractivity contribution in [2.75, 3.05) is 19.6 Å². The fraction of sp³-hybridized carbons (Fsp3) is 0.929. The molecule has 1 aliphatic carbocycles. The molecule has 3 atom stereocenters. The Bertz CT molecular complexity index is 466. The largest absolute Gasteiger partial charge is 0.481 e. The predicted octanol–water partition coefficient (Wildman–Crippen LogP) is 1.44. The lowest BCUT2D eigenvalue weighted by Crippen LogP contribution is -2.47. The zero-order chi connectivity index (χ0) is 15.5. The van der Waals surface area contributed by atoms with E-state index < -0.39 is 22.1 Å². The molecular weight excluding hydrogens is 292 g/mol. The Kier molecular flexibility index (Phi) is 5.62. The first kappa shape index (κ1) is 16.7. The lowest BCUT2D eigenvalue weighted by atomic mass is 9.79. The van der Waals surface area contributed by atoms with E-state index in [9.17, 15) is 18.3 Å². The minimum Gasteiger partial charge on any atom is -0.481 e. The third-order valence-electron chi connectivity index (χ3n) is 4.71. The third-order valence-corrected chi connectivity index (χ3v) is 6.26. The van der Waals surface area contributed by atoms with E-state index in [2.05, 4.69) is 11.6 Å². The second kappa shape index (κ2) is 7.07. The van der Waals surface area contributed by atoms with Crippen molar-refractivity contribution in [3.63, 3.8) is 0 Å². The van der Waals surface area contributed by atoms with Crippen LogP contribution in [-0.4, -0.2) is 43.4 Å². The normalized spacial score (nSPS) is 32.0. The summed E-state index contributed by atoms with van der Waals surface area (Å²) in [7, 11) is -3.47. The van der Waals surface area contributed by atoms with Crippen LogP contribution in [-0.2, 0) is 15.0 Å². The molecule has 1 aliphatic heterocycles. The molecule has 0 aromatic heterocycles. The summed E-state index contributed by atoms with van der Waals surface area (Å²) in [5.41, 5.74) is 0. The van der Waals surface area contributed by atoms with Crippen LogP contribution in [0.25, 0.3) is 0 Å². The van der Waals surface area contributed by atoms with Crippen LogP contribution in [0.3, 0.4) is 0 Å². The molecule has 2 N–H and O–H groups in total. The van der Waals surface area contributed by atoms with Gasteiger partial charge in [0.2, 0.25) is 0 Å². The van der Waals surface area contributed by atoms with Gasteiger partial charge in [-0.05, 0) is 37.5 Å². The molecule has 1 saturated carbocycles. The molecular formula is C14H26N2O4S. The molecule has 7 heteroatoms. The Balaban J connectivity index is 1.92. The van der Waals surface area contributed by atoms with E-state index in [0.29, 0.717) is 25.4 Å². The fourth-order valence-electron chi connectivity index (χ4n) is 3.45. The van der Waals surface area contributed by atoms with Crippen LogP contribution in [0.15, 0.2) is 0 Å². The summed E-state index contributed by atoms with van der Waals surface area (Å²) >= 11 is 0. The summed E-state index contributed by atoms with van der Waals surface area (Å²) in [6.45, 7) is 3.42. The highest BCUT2D eigenvalue weighted by molar-refractivity contribution is 7.87. The zero-order valence-corrected chi connectivity index (χ0v) is 13.4. The first-order valence-corrected chi connectivity index (χ1v) is 9.31. The van der Waals surface area contributed by atoms with Gasteiger partial charge in [0.15, 0.2) is 0 Å². The molecule has 0 amide bonds. The number of hydrogen-bond acceptors (Lipinski definition) is 3. The average Bonchev–Trinajstić information content (AvgIpc) is 2.45. The van der Waals surface area contributed by atoms with E-state index in [1.807, 2.05) is 0 Å². The van der Waals surface area contributed by atoms with E-state index in [-0.39, 0.29) is 12.5 Å². The summed E-state index contributed by atoms with van der Waals surface area (Å²) in [4.78, 5) is 11.2. The van der Waals surface area contributed by atoms with Gasteiger partial charge >= 0.3 is 5.97 Å². The number of carbonyl (C=O) groups is 1. The van der Waals surface area contributed by atoms with E-state index in [0.717, 1.165) is 32.1 Å². The van der Waals surface area contributed by atoms with Gasteiger partial charge in [-0.1, -0.05) is 19.8 Å². The van der Waals surface area contributed by atoms with Crippen molar-refractivity contribution in [1.82, 2.24) is 9.03 Å². The Hall–Kier alpha value is -0.660. The van der Waals surface area contributed by atoms with Crippen molar-refractivity contribution < 1.29 is 18.3 Å².